The topological polar surface area (TPSA) is 24.5 Å². The molecule has 0 amide bonds. The van der Waals surface area contributed by atoms with Crippen LogP contribution in [0.5, 0.6) is 5.75 Å². The van der Waals surface area contributed by atoms with Crippen molar-refractivity contribution in [1.82, 2.24) is 10.2 Å². The summed E-state index contributed by atoms with van der Waals surface area (Å²) in [5.74, 6) is 0.928. The number of ether oxygens (including phenoxy) is 1. The van der Waals surface area contributed by atoms with Crippen LogP contribution in [0.4, 0.5) is 0 Å². The Hall–Kier alpha value is -1.84. The fourth-order valence-electron chi connectivity index (χ4n) is 2.49. The molecule has 0 aliphatic heterocycles. The van der Waals surface area contributed by atoms with E-state index in [1.165, 1.54) is 11.1 Å². The molecular formula is C21H30N2O. The summed E-state index contributed by atoms with van der Waals surface area (Å²) in [6.45, 7) is 10.1. The van der Waals surface area contributed by atoms with Gasteiger partial charge in [0.15, 0.2) is 0 Å². The number of hydrogen-bond acceptors (Lipinski definition) is 3. The molecule has 0 aliphatic carbocycles. The van der Waals surface area contributed by atoms with Gasteiger partial charge in [0.1, 0.15) is 12.4 Å². The highest BCUT2D eigenvalue weighted by Gasteiger charge is 2.09. The lowest BCUT2D eigenvalue weighted by Gasteiger charge is -2.23. The summed E-state index contributed by atoms with van der Waals surface area (Å²) >= 11 is 0. The van der Waals surface area contributed by atoms with E-state index in [-0.39, 0.29) is 5.54 Å². The number of rotatable bonds is 8. The Morgan fingerprint density at radius 3 is 2.38 bits per heavy atom. The first-order valence-corrected chi connectivity index (χ1v) is 8.62. The lowest BCUT2D eigenvalue weighted by molar-refractivity contribution is 0.297. The summed E-state index contributed by atoms with van der Waals surface area (Å²) in [5.41, 5.74) is 2.64. The predicted octanol–water partition coefficient (Wildman–Crippen LogP) is 4.09. The van der Waals surface area contributed by atoms with E-state index in [1.54, 1.807) is 0 Å². The second-order valence-electron chi connectivity index (χ2n) is 7.34. The SMILES string of the molecule is CN(CCNC(C)(C)C)Cc1cccc(OCc2ccccc2)c1. The normalized spacial score (nSPS) is 11.7. The number of nitrogens with one attached hydrogen (secondary N) is 1. The highest BCUT2D eigenvalue weighted by Crippen LogP contribution is 2.16. The Balaban J connectivity index is 1.81. The molecule has 0 saturated carbocycles. The Morgan fingerprint density at radius 1 is 0.958 bits per heavy atom. The quantitative estimate of drug-likeness (QED) is 0.791. The van der Waals surface area contributed by atoms with Gasteiger partial charge in [-0.3, -0.25) is 0 Å². The van der Waals surface area contributed by atoms with E-state index in [0.717, 1.165) is 25.4 Å². The van der Waals surface area contributed by atoms with Crippen LogP contribution in [0.2, 0.25) is 0 Å². The summed E-state index contributed by atoms with van der Waals surface area (Å²) in [7, 11) is 2.15. The van der Waals surface area contributed by atoms with Crippen molar-refractivity contribution in [3.8, 4) is 5.75 Å². The fourth-order valence-corrected chi connectivity index (χ4v) is 2.49. The summed E-state index contributed by atoms with van der Waals surface area (Å²) in [5, 5.41) is 3.52. The van der Waals surface area contributed by atoms with Gasteiger partial charge in [0, 0.05) is 25.2 Å². The van der Waals surface area contributed by atoms with Gasteiger partial charge >= 0.3 is 0 Å². The molecule has 0 spiro atoms. The Labute approximate surface area is 146 Å². The van der Waals surface area contributed by atoms with E-state index < -0.39 is 0 Å². The number of nitrogens with zero attached hydrogens (tertiary/aromatic N) is 1. The molecule has 0 bridgehead atoms. The molecule has 0 radical (unpaired) electrons. The molecule has 2 aromatic rings. The molecule has 2 aromatic carbocycles. The monoisotopic (exact) mass is 326 g/mol. The van der Waals surface area contributed by atoms with Crippen molar-refractivity contribution in [1.29, 1.82) is 0 Å². The average molecular weight is 326 g/mol. The van der Waals surface area contributed by atoms with Gasteiger partial charge in [-0.1, -0.05) is 42.5 Å². The lowest BCUT2D eigenvalue weighted by Crippen LogP contribution is -2.40. The van der Waals surface area contributed by atoms with Crippen molar-refractivity contribution < 1.29 is 4.74 Å². The van der Waals surface area contributed by atoms with Gasteiger partial charge < -0.3 is 15.0 Å². The molecule has 3 nitrogen and oxygen atoms in total. The second kappa shape index (κ2) is 8.86. The third-order valence-electron chi connectivity index (χ3n) is 3.75. The van der Waals surface area contributed by atoms with Gasteiger partial charge in [0.2, 0.25) is 0 Å². The first kappa shape index (κ1) is 18.5. The highest BCUT2D eigenvalue weighted by atomic mass is 16.5. The van der Waals surface area contributed by atoms with E-state index in [0.29, 0.717) is 6.61 Å². The highest BCUT2D eigenvalue weighted by molar-refractivity contribution is 5.29. The first-order chi connectivity index (χ1) is 11.4. The number of hydrogen-bond donors (Lipinski definition) is 1. The van der Waals surface area contributed by atoms with E-state index >= 15 is 0 Å². The molecule has 0 saturated heterocycles. The first-order valence-electron chi connectivity index (χ1n) is 8.62. The van der Waals surface area contributed by atoms with Crippen molar-refractivity contribution in [3.63, 3.8) is 0 Å². The van der Waals surface area contributed by atoms with Crippen LogP contribution < -0.4 is 10.1 Å². The number of likely N-dealkylation sites (N-methyl/N-ethyl adjacent to an activating group) is 1. The number of benzene rings is 2. The van der Waals surface area contributed by atoms with Crippen molar-refractivity contribution in [2.75, 3.05) is 20.1 Å². The molecule has 0 fully saturated rings. The molecule has 2 rings (SSSR count). The Kier molecular flexibility index (Phi) is 6.83. The summed E-state index contributed by atoms with van der Waals surface area (Å²) < 4.78 is 5.91. The van der Waals surface area contributed by atoms with Crippen molar-refractivity contribution >= 4 is 0 Å². The van der Waals surface area contributed by atoms with E-state index in [2.05, 4.69) is 68.4 Å². The van der Waals surface area contributed by atoms with E-state index in [1.807, 2.05) is 24.3 Å². The zero-order valence-corrected chi connectivity index (χ0v) is 15.4. The fraction of sp³-hybridized carbons (Fsp3) is 0.429. The molecule has 0 heterocycles. The maximum Gasteiger partial charge on any atom is 0.120 e. The zero-order chi connectivity index (χ0) is 17.4. The van der Waals surface area contributed by atoms with Crippen molar-refractivity contribution in [2.24, 2.45) is 0 Å². The predicted molar refractivity (Wildman–Crippen MR) is 101 cm³/mol. The van der Waals surface area contributed by atoms with Crippen LogP contribution in [0.3, 0.4) is 0 Å². The second-order valence-corrected chi connectivity index (χ2v) is 7.34. The van der Waals surface area contributed by atoms with Gasteiger partial charge in [-0.05, 0) is 51.1 Å². The minimum atomic E-state index is 0.173. The lowest BCUT2D eigenvalue weighted by atomic mass is 10.1. The Bertz CT molecular complexity index is 605. The van der Waals surface area contributed by atoms with Gasteiger partial charge in [-0.2, -0.15) is 0 Å². The van der Waals surface area contributed by atoms with Crippen LogP contribution in [0.15, 0.2) is 54.6 Å². The van der Waals surface area contributed by atoms with Crippen LogP contribution in [0.1, 0.15) is 31.9 Å². The summed E-state index contributed by atoms with van der Waals surface area (Å²) in [6.07, 6.45) is 0. The van der Waals surface area contributed by atoms with E-state index in [9.17, 15) is 0 Å². The average Bonchev–Trinajstić information content (AvgIpc) is 2.53. The molecule has 1 N–H and O–H groups in total. The molecule has 130 valence electrons. The molecule has 3 heteroatoms. The van der Waals surface area contributed by atoms with Crippen molar-refractivity contribution in [3.05, 3.63) is 65.7 Å². The largest absolute Gasteiger partial charge is 0.489 e. The van der Waals surface area contributed by atoms with E-state index in [4.69, 9.17) is 4.74 Å². The molecule has 0 atom stereocenters. The summed E-state index contributed by atoms with van der Waals surface area (Å²) in [6, 6.07) is 18.6. The standard InChI is InChI=1S/C21H30N2O/c1-21(2,3)22-13-14-23(4)16-19-11-8-12-20(15-19)24-17-18-9-6-5-7-10-18/h5-12,15,22H,13-14,16-17H2,1-4H3. The molecular weight excluding hydrogens is 296 g/mol. The van der Waals surface area contributed by atoms with Gasteiger partial charge in [0.25, 0.3) is 0 Å². The van der Waals surface area contributed by atoms with Crippen LogP contribution in [0, 0.1) is 0 Å². The van der Waals surface area contributed by atoms with Crippen LogP contribution >= 0.6 is 0 Å². The molecule has 0 aromatic heterocycles. The molecule has 0 aliphatic rings. The summed E-state index contributed by atoms with van der Waals surface area (Å²) in [4.78, 5) is 2.33. The third kappa shape index (κ3) is 7.16. The van der Waals surface area contributed by atoms with Crippen LogP contribution in [0.25, 0.3) is 0 Å². The van der Waals surface area contributed by atoms with Crippen LogP contribution in [-0.4, -0.2) is 30.6 Å². The maximum absolute atomic E-state index is 5.91. The minimum absolute atomic E-state index is 0.173. The molecule has 24 heavy (non-hydrogen) atoms. The minimum Gasteiger partial charge on any atom is -0.489 e. The van der Waals surface area contributed by atoms with Crippen molar-refractivity contribution in [2.45, 2.75) is 39.5 Å². The van der Waals surface area contributed by atoms with Gasteiger partial charge in [-0.25, -0.2) is 0 Å². The third-order valence-corrected chi connectivity index (χ3v) is 3.75. The van der Waals surface area contributed by atoms with Gasteiger partial charge in [-0.15, -0.1) is 0 Å². The Morgan fingerprint density at radius 2 is 1.67 bits per heavy atom. The van der Waals surface area contributed by atoms with Crippen LogP contribution in [-0.2, 0) is 13.2 Å². The maximum atomic E-state index is 5.91. The van der Waals surface area contributed by atoms with Gasteiger partial charge in [0.05, 0.1) is 0 Å². The smallest absolute Gasteiger partial charge is 0.120 e. The molecule has 0 unspecified atom stereocenters. The zero-order valence-electron chi connectivity index (χ0n) is 15.4.